The van der Waals surface area contributed by atoms with Crippen LogP contribution in [0, 0.1) is 11.3 Å². The average Bonchev–Trinajstić information content (AvgIpc) is 2.70. The molecule has 0 fully saturated rings. The molecule has 1 nitrogen and oxygen atoms in total. The lowest BCUT2D eigenvalue weighted by Crippen LogP contribution is -1.86. The molecule has 0 aliphatic rings. The molecule has 3 aromatic carbocycles. The zero-order valence-corrected chi connectivity index (χ0v) is 15.4. The van der Waals surface area contributed by atoms with Crippen molar-refractivity contribution in [2.75, 3.05) is 0 Å². The van der Waals surface area contributed by atoms with Crippen molar-refractivity contribution >= 4 is 0 Å². The maximum Gasteiger partial charge on any atom is 0.0669 e. The number of hydrogen-bond donors (Lipinski definition) is 0. The Balaban J connectivity index is 1.70. The average molecular weight is 339 g/mol. The van der Waals surface area contributed by atoms with Gasteiger partial charge in [0, 0.05) is 0 Å². The number of rotatable bonds is 7. The summed E-state index contributed by atoms with van der Waals surface area (Å²) in [5.41, 5.74) is 7.39. The van der Waals surface area contributed by atoms with Crippen molar-refractivity contribution in [3.63, 3.8) is 0 Å². The monoisotopic (exact) mass is 339 g/mol. The first-order valence-electron chi connectivity index (χ1n) is 9.46. The zero-order valence-electron chi connectivity index (χ0n) is 15.4. The molecule has 0 amide bonds. The van der Waals surface area contributed by atoms with Crippen LogP contribution in [0.15, 0.2) is 72.8 Å². The molecule has 130 valence electrons. The van der Waals surface area contributed by atoms with E-state index in [4.69, 9.17) is 5.26 Å². The van der Waals surface area contributed by atoms with E-state index in [1.54, 1.807) is 0 Å². The molecule has 26 heavy (non-hydrogen) atoms. The lowest BCUT2D eigenvalue weighted by molar-refractivity contribution is 0.717. The van der Waals surface area contributed by atoms with Gasteiger partial charge in [0.05, 0.1) is 12.5 Å². The highest BCUT2D eigenvalue weighted by Crippen LogP contribution is 2.25. The minimum atomic E-state index is 0.466. The van der Waals surface area contributed by atoms with Gasteiger partial charge in [-0.25, -0.2) is 0 Å². The summed E-state index contributed by atoms with van der Waals surface area (Å²) in [6.07, 6.45) is 5.49. The van der Waals surface area contributed by atoms with Gasteiger partial charge in [0.25, 0.3) is 0 Å². The molecule has 0 radical (unpaired) electrons. The summed E-state index contributed by atoms with van der Waals surface area (Å²) in [4.78, 5) is 0. The van der Waals surface area contributed by atoms with Gasteiger partial charge in [-0.15, -0.1) is 0 Å². The molecule has 0 atom stereocenters. The first-order chi connectivity index (χ1) is 12.8. The van der Waals surface area contributed by atoms with Crippen LogP contribution in [0.4, 0.5) is 0 Å². The van der Waals surface area contributed by atoms with Gasteiger partial charge < -0.3 is 0 Å². The zero-order chi connectivity index (χ0) is 18.2. The van der Waals surface area contributed by atoms with Crippen LogP contribution in [0.2, 0.25) is 0 Å². The van der Waals surface area contributed by atoms with Gasteiger partial charge in [0.1, 0.15) is 0 Å². The Labute approximate surface area is 156 Å². The first-order valence-corrected chi connectivity index (χ1v) is 9.46. The second kappa shape index (κ2) is 9.02. The van der Waals surface area contributed by atoms with E-state index in [0.717, 1.165) is 5.56 Å². The van der Waals surface area contributed by atoms with Gasteiger partial charge in [-0.05, 0) is 46.2 Å². The predicted octanol–water partition coefficient (Wildman–Crippen LogP) is 6.82. The Morgan fingerprint density at radius 2 is 1.04 bits per heavy atom. The fourth-order valence-corrected chi connectivity index (χ4v) is 3.20. The second-order valence-corrected chi connectivity index (χ2v) is 6.76. The van der Waals surface area contributed by atoms with Crippen LogP contribution in [0.5, 0.6) is 0 Å². The smallest absolute Gasteiger partial charge is 0.0669 e. The number of nitrogens with zero attached hydrogens (tertiary/aromatic N) is 1. The van der Waals surface area contributed by atoms with Crippen LogP contribution >= 0.6 is 0 Å². The van der Waals surface area contributed by atoms with Crippen molar-refractivity contribution in [3.05, 3.63) is 83.9 Å². The second-order valence-electron chi connectivity index (χ2n) is 6.76. The van der Waals surface area contributed by atoms with Crippen LogP contribution in [-0.4, -0.2) is 0 Å². The van der Waals surface area contributed by atoms with Gasteiger partial charge in [-0.1, -0.05) is 92.6 Å². The van der Waals surface area contributed by atoms with Gasteiger partial charge >= 0.3 is 0 Å². The molecule has 0 saturated heterocycles. The van der Waals surface area contributed by atoms with E-state index < -0.39 is 0 Å². The minimum Gasteiger partial charge on any atom is -0.198 e. The summed E-state index contributed by atoms with van der Waals surface area (Å²) in [5, 5.41) is 8.77. The molecule has 0 aliphatic heterocycles. The van der Waals surface area contributed by atoms with E-state index in [2.05, 4.69) is 73.7 Å². The molecule has 3 aromatic rings. The van der Waals surface area contributed by atoms with E-state index in [1.165, 1.54) is 53.5 Å². The van der Waals surface area contributed by atoms with Gasteiger partial charge in [0.15, 0.2) is 0 Å². The van der Waals surface area contributed by atoms with Crippen molar-refractivity contribution in [1.29, 1.82) is 5.26 Å². The number of aryl methyl sites for hydroxylation is 1. The number of nitriles is 1. The quantitative estimate of drug-likeness (QED) is 0.433. The Morgan fingerprint density at radius 3 is 1.46 bits per heavy atom. The van der Waals surface area contributed by atoms with Gasteiger partial charge in [-0.3, -0.25) is 0 Å². The van der Waals surface area contributed by atoms with Crippen molar-refractivity contribution in [1.82, 2.24) is 0 Å². The normalized spacial score (nSPS) is 10.5. The number of hydrogen-bond acceptors (Lipinski definition) is 1. The maximum atomic E-state index is 8.77. The van der Waals surface area contributed by atoms with Crippen LogP contribution in [0.1, 0.15) is 37.3 Å². The summed E-state index contributed by atoms with van der Waals surface area (Å²) in [5.74, 6) is 0. The van der Waals surface area contributed by atoms with Crippen molar-refractivity contribution in [3.8, 4) is 28.3 Å². The fourth-order valence-electron chi connectivity index (χ4n) is 3.20. The van der Waals surface area contributed by atoms with Crippen molar-refractivity contribution in [2.45, 2.75) is 39.0 Å². The fraction of sp³-hybridized carbons (Fsp3) is 0.240. The van der Waals surface area contributed by atoms with E-state index >= 15 is 0 Å². The molecular formula is C25H25N. The Hall–Kier alpha value is -2.85. The SMILES string of the molecule is CCCCCc1ccc(-c2ccc(-c3ccc(CC#N)cc3)cc2)cc1. The maximum absolute atomic E-state index is 8.77. The van der Waals surface area contributed by atoms with E-state index in [9.17, 15) is 0 Å². The highest BCUT2D eigenvalue weighted by atomic mass is 14.2. The molecule has 1 heteroatoms. The van der Waals surface area contributed by atoms with Gasteiger partial charge in [0.2, 0.25) is 0 Å². The lowest BCUT2D eigenvalue weighted by Gasteiger charge is -2.07. The molecule has 0 heterocycles. The van der Waals surface area contributed by atoms with Crippen molar-refractivity contribution < 1.29 is 0 Å². The number of unbranched alkanes of at least 4 members (excludes halogenated alkanes) is 2. The van der Waals surface area contributed by atoms with Gasteiger partial charge in [-0.2, -0.15) is 5.26 Å². The predicted molar refractivity (Wildman–Crippen MR) is 110 cm³/mol. The summed E-state index contributed by atoms with van der Waals surface area (Å²) < 4.78 is 0. The molecular weight excluding hydrogens is 314 g/mol. The Kier molecular flexibility index (Phi) is 6.23. The summed E-state index contributed by atoms with van der Waals surface area (Å²) in [7, 11) is 0. The Morgan fingerprint density at radius 1 is 0.615 bits per heavy atom. The third-order valence-electron chi connectivity index (χ3n) is 4.81. The summed E-state index contributed by atoms with van der Waals surface area (Å²) in [6.45, 7) is 2.24. The van der Waals surface area contributed by atoms with E-state index in [1.807, 2.05) is 12.1 Å². The summed E-state index contributed by atoms with van der Waals surface area (Å²) in [6, 6.07) is 28.1. The first kappa shape index (κ1) is 18.0. The molecule has 0 aliphatic carbocycles. The molecule has 0 spiro atoms. The minimum absolute atomic E-state index is 0.466. The van der Waals surface area contributed by atoms with Crippen LogP contribution in [0.3, 0.4) is 0 Å². The van der Waals surface area contributed by atoms with Crippen molar-refractivity contribution in [2.24, 2.45) is 0 Å². The molecule has 0 aromatic heterocycles. The molecule has 0 N–H and O–H groups in total. The standard InChI is InChI=1S/C25H25N/c1-2-3-4-5-20-6-10-22(11-7-20)24-14-16-25(17-15-24)23-12-8-21(9-13-23)18-19-26/h6-17H,2-5,18H2,1H3. The highest BCUT2D eigenvalue weighted by Gasteiger charge is 2.02. The molecule has 0 saturated carbocycles. The topological polar surface area (TPSA) is 23.8 Å². The molecule has 0 unspecified atom stereocenters. The highest BCUT2D eigenvalue weighted by molar-refractivity contribution is 5.70. The summed E-state index contributed by atoms with van der Waals surface area (Å²) >= 11 is 0. The van der Waals surface area contributed by atoms with Crippen LogP contribution < -0.4 is 0 Å². The van der Waals surface area contributed by atoms with Crippen LogP contribution in [-0.2, 0) is 12.8 Å². The molecule has 0 bridgehead atoms. The van der Waals surface area contributed by atoms with E-state index in [0.29, 0.717) is 6.42 Å². The van der Waals surface area contributed by atoms with Crippen LogP contribution in [0.25, 0.3) is 22.3 Å². The lowest BCUT2D eigenvalue weighted by atomic mass is 9.98. The number of benzene rings is 3. The largest absolute Gasteiger partial charge is 0.198 e. The third-order valence-corrected chi connectivity index (χ3v) is 4.81. The Bertz CT molecular complexity index is 850. The third kappa shape index (κ3) is 4.61. The molecule has 3 rings (SSSR count). The van der Waals surface area contributed by atoms with E-state index in [-0.39, 0.29) is 0 Å².